The maximum absolute atomic E-state index is 9.19. The van der Waals surface area contributed by atoms with Gasteiger partial charge in [0, 0.05) is 30.1 Å². The fourth-order valence-corrected chi connectivity index (χ4v) is 3.05. The van der Waals surface area contributed by atoms with Gasteiger partial charge in [0.1, 0.15) is 0 Å². The van der Waals surface area contributed by atoms with Crippen molar-refractivity contribution in [1.29, 1.82) is 0 Å². The van der Waals surface area contributed by atoms with E-state index < -0.39 is 0 Å². The quantitative estimate of drug-likeness (QED) is 0.656. The minimum atomic E-state index is 0.185. The largest absolute Gasteiger partial charge is 0.481 e. The molecule has 0 aliphatic rings. The maximum Gasteiger partial charge on any atom is 0.218 e. The number of hydrogen-bond acceptors (Lipinski definition) is 4. The van der Waals surface area contributed by atoms with Crippen molar-refractivity contribution in [2.75, 3.05) is 13.7 Å². The minimum absolute atomic E-state index is 0.185. The molecule has 25 heavy (non-hydrogen) atoms. The van der Waals surface area contributed by atoms with Crippen LogP contribution in [-0.2, 0) is 6.54 Å². The van der Waals surface area contributed by atoms with Crippen LogP contribution in [0.1, 0.15) is 30.0 Å². The molecule has 4 heteroatoms. The second kappa shape index (κ2) is 8.60. The average molecular weight is 336 g/mol. The van der Waals surface area contributed by atoms with E-state index in [4.69, 9.17) is 4.74 Å². The van der Waals surface area contributed by atoms with Crippen LogP contribution in [0.25, 0.3) is 10.9 Å². The summed E-state index contributed by atoms with van der Waals surface area (Å²) in [6, 6.07) is 20.7. The topological polar surface area (TPSA) is 54.4 Å². The monoisotopic (exact) mass is 336 g/mol. The zero-order chi connectivity index (χ0) is 17.5. The molecule has 2 N–H and O–H groups in total. The standard InChI is InChI=1S/C21H24N2O2/c1-25-21-18(14-17-10-5-6-11-20(17)23-21)15-22-19(12-7-13-24)16-8-3-2-4-9-16/h2-6,8-11,14,19,22,24H,7,12-13,15H2,1H3. The Balaban J connectivity index is 1.81. The molecule has 1 aromatic heterocycles. The van der Waals surface area contributed by atoms with Crippen LogP contribution in [0.4, 0.5) is 0 Å². The van der Waals surface area contributed by atoms with E-state index in [1.54, 1.807) is 7.11 Å². The summed E-state index contributed by atoms with van der Waals surface area (Å²) in [5.74, 6) is 0.653. The third kappa shape index (κ3) is 4.35. The van der Waals surface area contributed by atoms with Crippen LogP contribution < -0.4 is 10.1 Å². The third-order valence-electron chi connectivity index (χ3n) is 4.35. The van der Waals surface area contributed by atoms with Crippen molar-refractivity contribution in [3.63, 3.8) is 0 Å². The molecule has 3 rings (SSSR count). The zero-order valence-corrected chi connectivity index (χ0v) is 14.5. The summed E-state index contributed by atoms with van der Waals surface area (Å²) >= 11 is 0. The molecule has 4 nitrogen and oxygen atoms in total. The van der Waals surface area contributed by atoms with Gasteiger partial charge in [0.05, 0.1) is 12.6 Å². The van der Waals surface area contributed by atoms with Crippen molar-refractivity contribution in [3.05, 3.63) is 71.8 Å². The number of methoxy groups -OCH3 is 1. The van der Waals surface area contributed by atoms with Crippen molar-refractivity contribution < 1.29 is 9.84 Å². The van der Waals surface area contributed by atoms with Crippen molar-refractivity contribution in [1.82, 2.24) is 10.3 Å². The number of para-hydroxylation sites is 1. The van der Waals surface area contributed by atoms with E-state index in [1.165, 1.54) is 5.56 Å². The highest BCUT2D eigenvalue weighted by Gasteiger charge is 2.13. The predicted molar refractivity (Wildman–Crippen MR) is 101 cm³/mol. The Kier molecular flexibility index (Phi) is 5.99. The first kappa shape index (κ1) is 17.4. The van der Waals surface area contributed by atoms with Gasteiger partial charge in [-0.2, -0.15) is 0 Å². The van der Waals surface area contributed by atoms with Gasteiger partial charge in [0.25, 0.3) is 0 Å². The van der Waals surface area contributed by atoms with Crippen molar-refractivity contribution in [2.45, 2.75) is 25.4 Å². The predicted octanol–water partition coefficient (Wildman–Crippen LogP) is 3.85. The second-order valence-corrected chi connectivity index (χ2v) is 6.06. The first-order chi connectivity index (χ1) is 12.3. The highest BCUT2D eigenvalue weighted by atomic mass is 16.5. The average Bonchev–Trinajstić information content (AvgIpc) is 2.68. The number of pyridine rings is 1. The lowest BCUT2D eigenvalue weighted by molar-refractivity contribution is 0.274. The Morgan fingerprint density at radius 1 is 1.08 bits per heavy atom. The second-order valence-electron chi connectivity index (χ2n) is 6.06. The van der Waals surface area contributed by atoms with Gasteiger partial charge < -0.3 is 15.2 Å². The van der Waals surface area contributed by atoms with E-state index in [-0.39, 0.29) is 12.6 Å². The highest BCUT2D eigenvalue weighted by molar-refractivity contribution is 5.80. The lowest BCUT2D eigenvalue weighted by atomic mass is 10.0. The molecule has 1 heterocycles. The number of fused-ring (bicyclic) bond motifs is 1. The Bertz CT molecular complexity index is 805. The number of nitrogens with one attached hydrogen (secondary N) is 1. The van der Waals surface area contributed by atoms with Crippen molar-refractivity contribution in [2.24, 2.45) is 0 Å². The van der Waals surface area contributed by atoms with Gasteiger partial charge in [-0.25, -0.2) is 4.98 Å². The molecule has 1 unspecified atom stereocenters. The third-order valence-corrected chi connectivity index (χ3v) is 4.35. The Hall–Kier alpha value is -2.43. The Morgan fingerprint density at radius 3 is 2.60 bits per heavy atom. The van der Waals surface area contributed by atoms with Gasteiger partial charge in [-0.05, 0) is 30.5 Å². The molecule has 0 aliphatic carbocycles. The molecule has 2 aromatic carbocycles. The highest BCUT2D eigenvalue weighted by Crippen LogP contribution is 2.24. The van der Waals surface area contributed by atoms with E-state index in [0.717, 1.165) is 29.3 Å². The number of hydrogen-bond donors (Lipinski definition) is 2. The summed E-state index contributed by atoms with van der Waals surface area (Å²) in [5.41, 5.74) is 3.19. The Morgan fingerprint density at radius 2 is 1.84 bits per heavy atom. The summed E-state index contributed by atoms with van der Waals surface area (Å²) in [6.45, 7) is 0.859. The SMILES string of the molecule is COc1nc2ccccc2cc1CNC(CCCO)c1ccccc1. The van der Waals surface area contributed by atoms with Crippen LogP contribution in [0.3, 0.4) is 0 Å². The molecule has 0 amide bonds. The molecule has 130 valence electrons. The minimum Gasteiger partial charge on any atom is -0.481 e. The first-order valence-corrected chi connectivity index (χ1v) is 8.63. The van der Waals surface area contributed by atoms with Crippen LogP contribution in [0.15, 0.2) is 60.7 Å². The van der Waals surface area contributed by atoms with E-state index in [9.17, 15) is 5.11 Å². The number of benzene rings is 2. The molecule has 3 aromatic rings. The normalized spacial score (nSPS) is 12.2. The fourth-order valence-electron chi connectivity index (χ4n) is 3.05. The van der Waals surface area contributed by atoms with Gasteiger partial charge in [-0.3, -0.25) is 0 Å². The van der Waals surface area contributed by atoms with Gasteiger partial charge in [0.15, 0.2) is 0 Å². The summed E-state index contributed by atoms with van der Waals surface area (Å²) in [7, 11) is 1.65. The Labute approximate surface area is 148 Å². The summed E-state index contributed by atoms with van der Waals surface area (Å²) in [5, 5.41) is 13.9. The molecular weight excluding hydrogens is 312 g/mol. The van der Waals surface area contributed by atoms with Crippen LogP contribution in [0.5, 0.6) is 5.88 Å². The number of nitrogens with zero attached hydrogens (tertiary/aromatic N) is 1. The van der Waals surface area contributed by atoms with Crippen LogP contribution in [0, 0.1) is 0 Å². The lowest BCUT2D eigenvalue weighted by Crippen LogP contribution is -2.21. The van der Waals surface area contributed by atoms with Crippen LogP contribution in [-0.4, -0.2) is 23.8 Å². The first-order valence-electron chi connectivity index (χ1n) is 8.63. The molecule has 0 saturated carbocycles. The molecule has 0 saturated heterocycles. The van der Waals surface area contributed by atoms with E-state index >= 15 is 0 Å². The van der Waals surface area contributed by atoms with Gasteiger partial charge in [0.2, 0.25) is 5.88 Å². The number of rotatable bonds is 8. The smallest absolute Gasteiger partial charge is 0.218 e. The van der Waals surface area contributed by atoms with Crippen LogP contribution in [0.2, 0.25) is 0 Å². The molecule has 1 atom stereocenters. The summed E-state index contributed by atoms with van der Waals surface area (Å²) in [4.78, 5) is 4.60. The number of aliphatic hydroxyl groups excluding tert-OH is 1. The van der Waals surface area contributed by atoms with Crippen molar-refractivity contribution in [3.8, 4) is 5.88 Å². The molecule has 0 spiro atoms. The zero-order valence-electron chi connectivity index (χ0n) is 14.5. The lowest BCUT2D eigenvalue weighted by Gasteiger charge is -2.20. The van der Waals surface area contributed by atoms with Crippen LogP contribution >= 0.6 is 0 Å². The molecular formula is C21H24N2O2. The number of ether oxygens (including phenoxy) is 1. The summed E-state index contributed by atoms with van der Waals surface area (Å²) in [6.07, 6.45) is 1.64. The molecule has 0 aliphatic heterocycles. The molecule has 0 bridgehead atoms. The van der Waals surface area contributed by atoms with E-state index in [1.807, 2.05) is 36.4 Å². The van der Waals surface area contributed by atoms with Gasteiger partial charge >= 0.3 is 0 Å². The van der Waals surface area contributed by atoms with Crippen molar-refractivity contribution >= 4 is 10.9 Å². The van der Waals surface area contributed by atoms with Gasteiger partial charge in [-0.15, -0.1) is 0 Å². The molecule has 0 radical (unpaired) electrons. The molecule has 0 fully saturated rings. The van der Waals surface area contributed by atoms with E-state index in [0.29, 0.717) is 12.4 Å². The summed E-state index contributed by atoms with van der Waals surface area (Å²) < 4.78 is 5.48. The number of aliphatic hydroxyl groups is 1. The maximum atomic E-state index is 9.19. The van der Waals surface area contributed by atoms with E-state index in [2.05, 4.69) is 34.6 Å². The fraction of sp³-hybridized carbons (Fsp3) is 0.286. The number of aromatic nitrogens is 1. The van der Waals surface area contributed by atoms with Gasteiger partial charge in [-0.1, -0.05) is 48.5 Å².